The molecule has 9 heteroatoms. The van der Waals surface area contributed by atoms with Gasteiger partial charge in [0.1, 0.15) is 5.76 Å². The molecule has 6 nitrogen and oxygen atoms in total. The van der Waals surface area contributed by atoms with E-state index in [1.165, 1.54) is 11.3 Å². The maximum absolute atomic E-state index is 12.8. The number of hydrazone groups is 1. The average molecular weight is 462 g/mol. The van der Waals surface area contributed by atoms with Gasteiger partial charge in [0.2, 0.25) is 0 Å². The first kappa shape index (κ1) is 20.7. The maximum atomic E-state index is 12.8. The zero-order chi connectivity index (χ0) is 21.3. The first-order valence-corrected chi connectivity index (χ1v) is 10.9. The van der Waals surface area contributed by atoms with E-state index in [9.17, 15) is 9.59 Å². The number of fused-ring (bicyclic) bond motifs is 1. The highest BCUT2D eigenvalue weighted by atomic mass is 35.5. The van der Waals surface area contributed by atoms with E-state index in [2.05, 4.69) is 15.8 Å². The molecule has 0 fully saturated rings. The van der Waals surface area contributed by atoms with Crippen LogP contribution in [0, 0.1) is 6.92 Å². The van der Waals surface area contributed by atoms with Crippen LogP contribution in [-0.4, -0.2) is 17.5 Å². The molecule has 0 saturated heterocycles. The first-order chi connectivity index (χ1) is 14.4. The second-order valence-corrected chi connectivity index (χ2v) is 8.55. The van der Waals surface area contributed by atoms with Gasteiger partial charge in [-0.1, -0.05) is 29.3 Å². The van der Waals surface area contributed by atoms with Crippen LogP contribution in [0.1, 0.15) is 50.0 Å². The Morgan fingerprint density at radius 3 is 2.77 bits per heavy atom. The molecule has 2 N–H and O–H groups in total. The third-order valence-electron chi connectivity index (χ3n) is 4.75. The SMILES string of the molecule is Cc1c(C(=O)Nc2cc(Cl)ccc2Cl)oc2c1/C(=N/NC(=O)c1cccs1)CCC2. The topological polar surface area (TPSA) is 83.7 Å². The standard InChI is InChI=1S/C21H17Cl2N3O3S/c1-11-18-14(25-26-20(27)17-6-3-9-30-17)4-2-5-16(18)29-19(11)21(28)24-15-10-12(22)7-8-13(15)23/h3,6-10H,2,4-5H2,1H3,(H,24,28)(H,26,27)/b25-14+. The van der Waals surface area contributed by atoms with Crippen molar-refractivity contribution in [3.05, 3.63) is 73.3 Å². The summed E-state index contributed by atoms with van der Waals surface area (Å²) < 4.78 is 5.87. The van der Waals surface area contributed by atoms with Crippen molar-refractivity contribution in [3.63, 3.8) is 0 Å². The van der Waals surface area contributed by atoms with E-state index in [-0.39, 0.29) is 11.7 Å². The molecule has 30 heavy (non-hydrogen) atoms. The lowest BCUT2D eigenvalue weighted by atomic mass is 9.93. The van der Waals surface area contributed by atoms with Gasteiger partial charge in [-0.2, -0.15) is 5.10 Å². The number of nitrogens with zero attached hydrogens (tertiary/aromatic N) is 1. The lowest BCUT2D eigenvalue weighted by Crippen LogP contribution is -2.21. The molecule has 2 heterocycles. The highest BCUT2D eigenvalue weighted by Crippen LogP contribution is 2.31. The van der Waals surface area contributed by atoms with Crippen LogP contribution in [0.25, 0.3) is 0 Å². The maximum Gasteiger partial charge on any atom is 0.291 e. The van der Waals surface area contributed by atoms with E-state index in [1.807, 2.05) is 11.4 Å². The molecule has 1 aliphatic carbocycles. The van der Waals surface area contributed by atoms with Gasteiger partial charge in [0.25, 0.3) is 11.8 Å². The van der Waals surface area contributed by atoms with Crippen LogP contribution in [0.3, 0.4) is 0 Å². The molecule has 2 aromatic heterocycles. The Hall–Kier alpha value is -2.61. The van der Waals surface area contributed by atoms with Crippen LogP contribution in [0.2, 0.25) is 10.0 Å². The Morgan fingerprint density at radius 1 is 1.17 bits per heavy atom. The summed E-state index contributed by atoms with van der Waals surface area (Å²) in [6.45, 7) is 1.80. The third kappa shape index (κ3) is 4.14. The van der Waals surface area contributed by atoms with E-state index in [1.54, 1.807) is 31.2 Å². The molecule has 2 amide bonds. The number of amides is 2. The molecule has 0 bridgehead atoms. The number of thiophene rings is 1. The van der Waals surface area contributed by atoms with Gasteiger partial charge in [-0.05, 0) is 49.4 Å². The van der Waals surface area contributed by atoms with Crippen LogP contribution in [0.5, 0.6) is 0 Å². The van der Waals surface area contributed by atoms with Crippen LogP contribution < -0.4 is 10.7 Å². The van der Waals surface area contributed by atoms with E-state index in [4.69, 9.17) is 27.6 Å². The number of nitrogens with one attached hydrogen (secondary N) is 2. The van der Waals surface area contributed by atoms with Crippen molar-refractivity contribution >= 4 is 57.8 Å². The van der Waals surface area contributed by atoms with Crippen molar-refractivity contribution in [2.45, 2.75) is 26.2 Å². The lowest BCUT2D eigenvalue weighted by molar-refractivity contribution is 0.0957. The van der Waals surface area contributed by atoms with Crippen molar-refractivity contribution in [1.82, 2.24) is 5.43 Å². The third-order valence-corrected chi connectivity index (χ3v) is 6.18. The number of carbonyl (C=O) groups excluding carboxylic acids is 2. The predicted molar refractivity (Wildman–Crippen MR) is 119 cm³/mol. The molecule has 0 saturated carbocycles. The molecule has 4 rings (SSSR count). The van der Waals surface area contributed by atoms with Gasteiger partial charge in [0, 0.05) is 22.6 Å². The number of anilines is 1. The van der Waals surface area contributed by atoms with Crippen LogP contribution in [-0.2, 0) is 6.42 Å². The van der Waals surface area contributed by atoms with Gasteiger partial charge >= 0.3 is 0 Å². The molecule has 0 spiro atoms. The van der Waals surface area contributed by atoms with Crippen molar-refractivity contribution in [2.24, 2.45) is 5.10 Å². The molecule has 0 unspecified atom stereocenters. The highest BCUT2D eigenvalue weighted by Gasteiger charge is 2.28. The Balaban J connectivity index is 1.59. The molecule has 1 aromatic carbocycles. The summed E-state index contributed by atoms with van der Waals surface area (Å²) in [6.07, 6.45) is 2.19. The van der Waals surface area contributed by atoms with Gasteiger partial charge in [-0.15, -0.1) is 11.3 Å². The van der Waals surface area contributed by atoms with Crippen molar-refractivity contribution in [3.8, 4) is 0 Å². The number of furan rings is 1. The minimum Gasteiger partial charge on any atom is -0.455 e. The van der Waals surface area contributed by atoms with E-state index in [0.717, 1.165) is 12.0 Å². The first-order valence-electron chi connectivity index (χ1n) is 9.23. The van der Waals surface area contributed by atoms with Crippen LogP contribution in [0.15, 0.2) is 45.2 Å². The van der Waals surface area contributed by atoms with E-state index in [0.29, 0.717) is 50.5 Å². The summed E-state index contributed by atoms with van der Waals surface area (Å²) in [5, 5.41) is 9.73. The van der Waals surface area contributed by atoms with Crippen molar-refractivity contribution in [1.29, 1.82) is 0 Å². The van der Waals surface area contributed by atoms with E-state index < -0.39 is 5.91 Å². The average Bonchev–Trinajstić information content (AvgIpc) is 3.38. The lowest BCUT2D eigenvalue weighted by Gasteiger charge is -2.13. The molecule has 0 radical (unpaired) electrons. The van der Waals surface area contributed by atoms with Gasteiger partial charge in [0.05, 0.1) is 21.3 Å². The number of aryl methyl sites for hydroxylation is 1. The van der Waals surface area contributed by atoms with Crippen molar-refractivity contribution < 1.29 is 14.0 Å². The molecule has 0 atom stereocenters. The summed E-state index contributed by atoms with van der Waals surface area (Å²) in [5.41, 5.74) is 5.14. The monoisotopic (exact) mass is 461 g/mol. The minimum atomic E-state index is -0.423. The minimum absolute atomic E-state index is 0.190. The second kappa shape index (κ2) is 8.63. The second-order valence-electron chi connectivity index (χ2n) is 6.76. The normalized spacial score (nSPS) is 14.4. The Labute approximate surface area is 186 Å². The molecule has 154 valence electrons. The van der Waals surface area contributed by atoms with Crippen molar-refractivity contribution in [2.75, 3.05) is 5.32 Å². The van der Waals surface area contributed by atoms with Crippen LogP contribution in [0.4, 0.5) is 5.69 Å². The number of hydrogen-bond acceptors (Lipinski definition) is 5. The predicted octanol–water partition coefficient (Wildman–Crippen LogP) is 5.68. The van der Waals surface area contributed by atoms with Gasteiger partial charge in [-0.25, -0.2) is 5.43 Å². The number of benzene rings is 1. The molecule has 0 aliphatic heterocycles. The fourth-order valence-corrected chi connectivity index (χ4v) is 4.30. The smallest absolute Gasteiger partial charge is 0.291 e. The molecule has 3 aromatic rings. The van der Waals surface area contributed by atoms with E-state index >= 15 is 0 Å². The molecular weight excluding hydrogens is 445 g/mol. The van der Waals surface area contributed by atoms with Crippen LogP contribution >= 0.6 is 34.5 Å². The zero-order valence-corrected chi connectivity index (χ0v) is 18.2. The Bertz CT molecular complexity index is 1150. The highest BCUT2D eigenvalue weighted by molar-refractivity contribution is 7.12. The molecule has 1 aliphatic rings. The summed E-state index contributed by atoms with van der Waals surface area (Å²) in [5.74, 6) is 0.188. The fourth-order valence-electron chi connectivity index (χ4n) is 3.35. The molecular formula is C21H17Cl2N3O3S. The largest absolute Gasteiger partial charge is 0.455 e. The summed E-state index contributed by atoms with van der Waals surface area (Å²) >= 11 is 13.5. The Morgan fingerprint density at radius 2 is 2.00 bits per heavy atom. The number of halogens is 2. The quantitative estimate of drug-likeness (QED) is 0.490. The van der Waals surface area contributed by atoms with Gasteiger partial charge in [0.15, 0.2) is 5.76 Å². The Kier molecular flexibility index (Phi) is 5.94. The van der Waals surface area contributed by atoms with Gasteiger partial charge in [-0.3, -0.25) is 9.59 Å². The summed E-state index contributed by atoms with van der Waals surface area (Å²) in [6, 6.07) is 8.37. The number of carbonyl (C=O) groups is 2. The fraction of sp³-hybridized carbons (Fsp3) is 0.190. The summed E-state index contributed by atoms with van der Waals surface area (Å²) in [4.78, 5) is 25.6. The number of hydrogen-bond donors (Lipinski definition) is 2. The zero-order valence-electron chi connectivity index (χ0n) is 15.9. The van der Waals surface area contributed by atoms with Gasteiger partial charge < -0.3 is 9.73 Å². The summed E-state index contributed by atoms with van der Waals surface area (Å²) in [7, 11) is 0. The number of rotatable bonds is 4.